The summed E-state index contributed by atoms with van der Waals surface area (Å²) in [6, 6.07) is 5.78. The SMILES string of the molecule is Nc1n[nH]c(C2CCOC2)c1-c1ccccn1. The molecule has 0 aliphatic carbocycles. The molecule has 0 radical (unpaired) electrons. The lowest BCUT2D eigenvalue weighted by Crippen LogP contribution is -2.01. The van der Waals surface area contributed by atoms with E-state index in [1.165, 1.54) is 0 Å². The van der Waals surface area contributed by atoms with Crippen LogP contribution in [0.15, 0.2) is 24.4 Å². The average molecular weight is 230 g/mol. The molecule has 1 atom stereocenters. The average Bonchev–Trinajstić information content (AvgIpc) is 2.98. The molecule has 1 aliphatic heterocycles. The fourth-order valence-corrected chi connectivity index (χ4v) is 2.21. The number of ether oxygens (including phenoxy) is 1. The van der Waals surface area contributed by atoms with Gasteiger partial charge in [-0.3, -0.25) is 10.1 Å². The number of aromatic nitrogens is 3. The summed E-state index contributed by atoms with van der Waals surface area (Å²) in [4.78, 5) is 4.33. The molecule has 0 bridgehead atoms. The molecule has 1 aliphatic rings. The molecule has 1 fully saturated rings. The molecule has 0 amide bonds. The number of pyridine rings is 1. The summed E-state index contributed by atoms with van der Waals surface area (Å²) >= 11 is 0. The Morgan fingerprint density at radius 2 is 2.35 bits per heavy atom. The van der Waals surface area contributed by atoms with Crippen LogP contribution in [-0.4, -0.2) is 28.4 Å². The predicted molar refractivity (Wildman–Crippen MR) is 64.4 cm³/mol. The minimum Gasteiger partial charge on any atom is -0.382 e. The van der Waals surface area contributed by atoms with Crippen molar-refractivity contribution in [1.82, 2.24) is 15.2 Å². The van der Waals surface area contributed by atoms with Crippen molar-refractivity contribution in [2.24, 2.45) is 0 Å². The van der Waals surface area contributed by atoms with E-state index in [4.69, 9.17) is 10.5 Å². The van der Waals surface area contributed by atoms with E-state index >= 15 is 0 Å². The highest BCUT2D eigenvalue weighted by atomic mass is 16.5. The van der Waals surface area contributed by atoms with Crippen molar-refractivity contribution in [3.63, 3.8) is 0 Å². The van der Waals surface area contributed by atoms with Gasteiger partial charge in [-0.2, -0.15) is 5.10 Å². The number of nitrogens with two attached hydrogens (primary N) is 1. The lowest BCUT2D eigenvalue weighted by Gasteiger charge is -2.08. The van der Waals surface area contributed by atoms with Crippen LogP contribution >= 0.6 is 0 Å². The Hall–Kier alpha value is -1.88. The second-order valence-corrected chi connectivity index (χ2v) is 4.17. The van der Waals surface area contributed by atoms with Crippen molar-refractivity contribution < 1.29 is 4.74 Å². The third-order valence-electron chi connectivity index (χ3n) is 3.08. The monoisotopic (exact) mass is 230 g/mol. The van der Waals surface area contributed by atoms with Gasteiger partial charge in [0.15, 0.2) is 5.82 Å². The van der Waals surface area contributed by atoms with Gasteiger partial charge in [-0.25, -0.2) is 0 Å². The first-order chi connectivity index (χ1) is 8.36. The Labute approximate surface area is 99.0 Å². The molecule has 2 aromatic rings. The third kappa shape index (κ3) is 1.78. The van der Waals surface area contributed by atoms with Crippen LogP contribution in [0.25, 0.3) is 11.3 Å². The standard InChI is InChI=1S/C12H14N4O/c13-12-10(9-3-1-2-5-14-9)11(15-16-12)8-4-6-17-7-8/h1-3,5,8H,4,6-7H2,(H3,13,15,16). The van der Waals surface area contributed by atoms with Gasteiger partial charge < -0.3 is 10.5 Å². The summed E-state index contributed by atoms with van der Waals surface area (Å²) in [6.45, 7) is 1.52. The first-order valence-electron chi connectivity index (χ1n) is 5.69. The normalized spacial score (nSPS) is 19.6. The quantitative estimate of drug-likeness (QED) is 0.820. The Morgan fingerprint density at radius 3 is 3.06 bits per heavy atom. The van der Waals surface area contributed by atoms with E-state index in [2.05, 4.69) is 15.2 Å². The van der Waals surface area contributed by atoms with Gasteiger partial charge >= 0.3 is 0 Å². The van der Waals surface area contributed by atoms with E-state index < -0.39 is 0 Å². The highest BCUT2D eigenvalue weighted by Crippen LogP contribution is 2.34. The van der Waals surface area contributed by atoms with Gasteiger partial charge in [0.2, 0.25) is 0 Å². The third-order valence-corrected chi connectivity index (χ3v) is 3.08. The summed E-state index contributed by atoms with van der Waals surface area (Å²) in [5.74, 6) is 0.849. The van der Waals surface area contributed by atoms with Gasteiger partial charge in [-0.1, -0.05) is 6.07 Å². The van der Waals surface area contributed by atoms with Crippen LogP contribution in [0.2, 0.25) is 0 Å². The summed E-state index contributed by atoms with van der Waals surface area (Å²) < 4.78 is 5.40. The first-order valence-corrected chi connectivity index (χ1v) is 5.69. The second kappa shape index (κ2) is 4.18. The highest BCUT2D eigenvalue weighted by Gasteiger charge is 2.25. The van der Waals surface area contributed by atoms with Crippen molar-refractivity contribution in [2.45, 2.75) is 12.3 Å². The summed E-state index contributed by atoms with van der Waals surface area (Å²) in [5.41, 5.74) is 8.74. The molecular formula is C12H14N4O. The van der Waals surface area contributed by atoms with Gasteiger partial charge in [0.25, 0.3) is 0 Å². The van der Waals surface area contributed by atoms with E-state index in [0.29, 0.717) is 11.7 Å². The number of rotatable bonds is 2. The molecule has 5 nitrogen and oxygen atoms in total. The number of nitrogen functional groups attached to an aromatic ring is 1. The molecule has 2 aromatic heterocycles. The van der Waals surface area contributed by atoms with E-state index in [9.17, 15) is 0 Å². The molecule has 1 unspecified atom stereocenters. The highest BCUT2D eigenvalue weighted by molar-refractivity contribution is 5.73. The number of hydrogen-bond acceptors (Lipinski definition) is 4. The zero-order valence-corrected chi connectivity index (χ0v) is 9.39. The fourth-order valence-electron chi connectivity index (χ4n) is 2.21. The number of anilines is 1. The summed E-state index contributed by atoms with van der Waals surface area (Å²) in [6.07, 6.45) is 2.76. The second-order valence-electron chi connectivity index (χ2n) is 4.17. The molecule has 3 rings (SSSR count). The molecule has 88 valence electrons. The fraction of sp³-hybridized carbons (Fsp3) is 0.333. The maximum Gasteiger partial charge on any atom is 0.154 e. The van der Waals surface area contributed by atoms with E-state index in [-0.39, 0.29) is 0 Å². The van der Waals surface area contributed by atoms with Crippen molar-refractivity contribution in [2.75, 3.05) is 18.9 Å². The molecule has 0 aromatic carbocycles. The zero-order valence-electron chi connectivity index (χ0n) is 9.39. The zero-order chi connectivity index (χ0) is 11.7. The smallest absolute Gasteiger partial charge is 0.154 e. The molecule has 0 spiro atoms. The van der Waals surface area contributed by atoms with Gasteiger partial charge in [0.05, 0.1) is 23.6 Å². The molecule has 5 heteroatoms. The largest absolute Gasteiger partial charge is 0.382 e. The van der Waals surface area contributed by atoms with Crippen molar-refractivity contribution in [3.05, 3.63) is 30.1 Å². The molecule has 0 saturated carbocycles. The summed E-state index contributed by atoms with van der Waals surface area (Å²) in [5, 5.41) is 7.11. The van der Waals surface area contributed by atoms with E-state index in [1.54, 1.807) is 6.20 Å². The minimum absolute atomic E-state index is 0.344. The molecular weight excluding hydrogens is 216 g/mol. The number of nitrogens with one attached hydrogen (secondary N) is 1. The number of nitrogens with zero attached hydrogens (tertiary/aromatic N) is 2. The first kappa shape index (κ1) is 10.3. The van der Waals surface area contributed by atoms with Crippen LogP contribution in [0, 0.1) is 0 Å². The Bertz CT molecular complexity index is 502. The van der Waals surface area contributed by atoms with Crippen LogP contribution in [-0.2, 0) is 4.74 Å². The Morgan fingerprint density at radius 1 is 1.41 bits per heavy atom. The molecule has 3 N–H and O–H groups in total. The minimum atomic E-state index is 0.344. The Kier molecular flexibility index (Phi) is 2.53. The van der Waals surface area contributed by atoms with Crippen LogP contribution < -0.4 is 5.73 Å². The van der Waals surface area contributed by atoms with Crippen LogP contribution in [0.3, 0.4) is 0 Å². The van der Waals surface area contributed by atoms with Gasteiger partial charge in [0, 0.05) is 18.7 Å². The topological polar surface area (TPSA) is 76.8 Å². The van der Waals surface area contributed by atoms with E-state index in [1.807, 2.05) is 18.2 Å². The van der Waals surface area contributed by atoms with Gasteiger partial charge in [0.1, 0.15) is 0 Å². The lowest BCUT2D eigenvalue weighted by molar-refractivity contribution is 0.193. The predicted octanol–water partition coefficient (Wildman–Crippen LogP) is 1.56. The molecule has 3 heterocycles. The van der Waals surface area contributed by atoms with Crippen molar-refractivity contribution >= 4 is 5.82 Å². The maximum atomic E-state index is 5.92. The maximum absolute atomic E-state index is 5.92. The summed E-state index contributed by atoms with van der Waals surface area (Å²) in [7, 11) is 0. The number of H-pyrrole nitrogens is 1. The Balaban J connectivity index is 2.06. The van der Waals surface area contributed by atoms with Crippen LogP contribution in [0.1, 0.15) is 18.0 Å². The molecule has 1 saturated heterocycles. The van der Waals surface area contributed by atoms with E-state index in [0.717, 1.165) is 36.6 Å². The van der Waals surface area contributed by atoms with Crippen LogP contribution in [0.4, 0.5) is 5.82 Å². The lowest BCUT2D eigenvalue weighted by atomic mass is 9.99. The molecule has 17 heavy (non-hydrogen) atoms. The van der Waals surface area contributed by atoms with Crippen molar-refractivity contribution in [1.29, 1.82) is 0 Å². The van der Waals surface area contributed by atoms with Gasteiger partial charge in [-0.05, 0) is 18.6 Å². The van der Waals surface area contributed by atoms with Crippen LogP contribution in [0.5, 0.6) is 0 Å². The number of aromatic amines is 1. The van der Waals surface area contributed by atoms with Gasteiger partial charge in [-0.15, -0.1) is 0 Å². The number of hydrogen-bond donors (Lipinski definition) is 2. The van der Waals surface area contributed by atoms with Crippen molar-refractivity contribution in [3.8, 4) is 11.3 Å².